The van der Waals surface area contributed by atoms with Crippen molar-refractivity contribution in [3.05, 3.63) is 59.7 Å². The SMILES string of the molecule is CCS(=O)(=O)c1ccc(NC(=O)[C@H]2CCc3ccccc32)cc1. The van der Waals surface area contributed by atoms with E-state index in [1.807, 2.05) is 18.2 Å². The second-order valence-corrected chi connectivity index (χ2v) is 7.99. The third kappa shape index (κ3) is 3.15. The van der Waals surface area contributed by atoms with Crippen molar-refractivity contribution in [3.63, 3.8) is 0 Å². The van der Waals surface area contributed by atoms with E-state index in [-0.39, 0.29) is 22.5 Å². The smallest absolute Gasteiger partial charge is 0.231 e. The van der Waals surface area contributed by atoms with E-state index >= 15 is 0 Å². The van der Waals surface area contributed by atoms with Crippen molar-refractivity contribution in [1.82, 2.24) is 0 Å². The molecule has 2 aromatic rings. The lowest BCUT2D eigenvalue weighted by Gasteiger charge is -2.12. The fourth-order valence-corrected chi connectivity index (χ4v) is 3.86. The average Bonchev–Trinajstić information content (AvgIpc) is 2.99. The Labute approximate surface area is 136 Å². The highest BCUT2D eigenvalue weighted by molar-refractivity contribution is 7.91. The third-order valence-electron chi connectivity index (χ3n) is 4.31. The second kappa shape index (κ2) is 6.16. The second-order valence-electron chi connectivity index (χ2n) is 5.71. The van der Waals surface area contributed by atoms with Gasteiger partial charge in [-0.25, -0.2) is 8.42 Å². The Kier molecular flexibility index (Phi) is 4.22. The number of rotatable bonds is 4. The number of hydrogen-bond acceptors (Lipinski definition) is 3. The van der Waals surface area contributed by atoms with Crippen molar-refractivity contribution in [1.29, 1.82) is 0 Å². The summed E-state index contributed by atoms with van der Waals surface area (Å²) in [5.41, 5.74) is 2.95. The van der Waals surface area contributed by atoms with Gasteiger partial charge in [0.15, 0.2) is 9.84 Å². The number of anilines is 1. The standard InChI is InChI=1S/C18H19NO3S/c1-2-23(21,22)15-10-8-14(9-11-15)19-18(20)17-12-7-13-5-3-4-6-16(13)17/h3-6,8-11,17H,2,7,12H2,1H3,(H,19,20)/t17-/m0/s1. The van der Waals surface area contributed by atoms with Gasteiger partial charge in [-0.3, -0.25) is 4.79 Å². The molecule has 0 saturated carbocycles. The maximum atomic E-state index is 12.5. The van der Waals surface area contributed by atoms with Gasteiger partial charge < -0.3 is 5.32 Å². The summed E-state index contributed by atoms with van der Waals surface area (Å²) in [5.74, 6) is -0.108. The first-order chi connectivity index (χ1) is 11.0. The van der Waals surface area contributed by atoms with Crippen molar-refractivity contribution in [3.8, 4) is 0 Å². The van der Waals surface area contributed by atoms with E-state index in [0.29, 0.717) is 5.69 Å². The van der Waals surface area contributed by atoms with Gasteiger partial charge in [-0.1, -0.05) is 31.2 Å². The van der Waals surface area contributed by atoms with Gasteiger partial charge in [0.25, 0.3) is 0 Å². The maximum Gasteiger partial charge on any atom is 0.231 e. The summed E-state index contributed by atoms with van der Waals surface area (Å²) in [6.07, 6.45) is 1.73. The largest absolute Gasteiger partial charge is 0.326 e. The summed E-state index contributed by atoms with van der Waals surface area (Å²) >= 11 is 0. The van der Waals surface area contributed by atoms with E-state index in [9.17, 15) is 13.2 Å². The monoisotopic (exact) mass is 329 g/mol. The molecule has 0 fully saturated rings. The molecule has 0 saturated heterocycles. The van der Waals surface area contributed by atoms with E-state index in [4.69, 9.17) is 0 Å². The molecule has 5 heteroatoms. The molecule has 0 unspecified atom stereocenters. The number of nitrogens with one attached hydrogen (secondary N) is 1. The molecule has 0 radical (unpaired) electrons. The number of carbonyl (C=O) groups excluding carboxylic acids is 1. The summed E-state index contributed by atoms with van der Waals surface area (Å²) in [6.45, 7) is 1.61. The highest BCUT2D eigenvalue weighted by Crippen LogP contribution is 2.33. The molecule has 0 aliphatic heterocycles. The van der Waals surface area contributed by atoms with Gasteiger partial charge in [-0.05, 0) is 48.2 Å². The molecule has 2 aromatic carbocycles. The molecular weight excluding hydrogens is 310 g/mol. The topological polar surface area (TPSA) is 63.2 Å². The predicted molar refractivity (Wildman–Crippen MR) is 90.3 cm³/mol. The van der Waals surface area contributed by atoms with Crippen LogP contribution in [0.4, 0.5) is 5.69 Å². The van der Waals surface area contributed by atoms with Crippen LogP contribution in [-0.2, 0) is 21.1 Å². The lowest BCUT2D eigenvalue weighted by atomic mass is 10.0. The van der Waals surface area contributed by atoms with Crippen LogP contribution in [0.3, 0.4) is 0 Å². The molecule has 1 atom stereocenters. The van der Waals surface area contributed by atoms with Crippen LogP contribution < -0.4 is 5.32 Å². The van der Waals surface area contributed by atoms with Gasteiger partial charge in [0.1, 0.15) is 0 Å². The molecule has 23 heavy (non-hydrogen) atoms. The Balaban J connectivity index is 1.74. The average molecular weight is 329 g/mol. The first kappa shape index (κ1) is 15.7. The lowest BCUT2D eigenvalue weighted by Crippen LogP contribution is -2.19. The van der Waals surface area contributed by atoms with Crippen LogP contribution in [0.2, 0.25) is 0 Å². The minimum Gasteiger partial charge on any atom is -0.326 e. The number of benzene rings is 2. The predicted octanol–water partition coefficient (Wildman–Crippen LogP) is 3.15. The summed E-state index contributed by atoms with van der Waals surface area (Å²) in [4.78, 5) is 12.8. The molecule has 0 heterocycles. The number of fused-ring (bicyclic) bond motifs is 1. The molecule has 0 bridgehead atoms. The quantitative estimate of drug-likeness (QED) is 0.937. The maximum absolute atomic E-state index is 12.5. The van der Waals surface area contributed by atoms with E-state index in [2.05, 4.69) is 11.4 Å². The summed E-state index contributed by atoms with van der Waals surface area (Å²) in [6, 6.07) is 14.4. The van der Waals surface area contributed by atoms with Crippen LogP contribution in [0.1, 0.15) is 30.4 Å². The summed E-state index contributed by atoms with van der Waals surface area (Å²) < 4.78 is 23.6. The zero-order valence-corrected chi connectivity index (χ0v) is 13.8. The first-order valence-corrected chi connectivity index (χ1v) is 9.38. The van der Waals surface area contributed by atoms with Gasteiger partial charge in [-0.2, -0.15) is 0 Å². The number of carbonyl (C=O) groups is 1. The Bertz CT molecular complexity index is 826. The Morgan fingerprint density at radius 1 is 1.13 bits per heavy atom. The number of amides is 1. The Morgan fingerprint density at radius 3 is 2.52 bits per heavy atom. The van der Waals surface area contributed by atoms with Crippen LogP contribution in [0.15, 0.2) is 53.4 Å². The highest BCUT2D eigenvalue weighted by atomic mass is 32.2. The number of hydrogen-bond donors (Lipinski definition) is 1. The normalized spacial score (nSPS) is 16.8. The molecular formula is C18H19NO3S. The number of sulfone groups is 1. The minimum absolute atomic E-state index is 0.0407. The Hall–Kier alpha value is -2.14. The van der Waals surface area contributed by atoms with Gasteiger partial charge >= 0.3 is 0 Å². The zero-order chi connectivity index (χ0) is 16.4. The third-order valence-corrected chi connectivity index (χ3v) is 6.06. The van der Waals surface area contributed by atoms with E-state index in [0.717, 1.165) is 18.4 Å². The van der Waals surface area contributed by atoms with Crippen LogP contribution in [0, 0.1) is 0 Å². The van der Waals surface area contributed by atoms with Crippen molar-refractivity contribution in [2.45, 2.75) is 30.6 Å². The Morgan fingerprint density at radius 2 is 1.83 bits per heavy atom. The van der Waals surface area contributed by atoms with Crippen LogP contribution >= 0.6 is 0 Å². The molecule has 4 nitrogen and oxygen atoms in total. The number of aryl methyl sites for hydroxylation is 1. The van der Waals surface area contributed by atoms with Crippen molar-refractivity contribution in [2.75, 3.05) is 11.1 Å². The molecule has 0 aromatic heterocycles. The van der Waals surface area contributed by atoms with Crippen molar-refractivity contribution in [2.24, 2.45) is 0 Å². The lowest BCUT2D eigenvalue weighted by molar-refractivity contribution is -0.117. The molecule has 1 aliphatic carbocycles. The molecule has 1 aliphatic rings. The van der Waals surface area contributed by atoms with Crippen LogP contribution in [-0.4, -0.2) is 20.1 Å². The minimum atomic E-state index is -3.21. The molecule has 3 rings (SSSR count). The van der Waals surface area contributed by atoms with Crippen LogP contribution in [0.25, 0.3) is 0 Å². The van der Waals surface area contributed by atoms with Crippen molar-refractivity contribution < 1.29 is 13.2 Å². The van der Waals surface area contributed by atoms with E-state index in [1.165, 1.54) is 17.7 Å². The molecule has 1 N–H and O–H groups in total. The molecule has 1 amide bonds. The zero-order valence-electron chi connectivity index (χ0n) is 13.0. The highest BCUT2D eigenvalue weighted by Gasteiger charge is 2.28. The van der Waals surface area contributed by atoms with E-state index in [1.54, 1.807) is 19.1 Å². The fourth-order valence-electron chi connectivity index (χ4n) is 2.97. The molecule has 120 valence electrons. The fraction of sp³-hybridized carbons (Fsp3) is 0.278. The van der Waals surface area contributed by atoms with Gasteiger partial charge in [-0.15, -0.1) is 0 Å². The van der Waals surface area contributed by atoms with Gasteiger partial charge in [0.05, 0.1) is 16.6 Å². The van der Waals surface area contributed by atoms with Crippen LogP contribution in [0.5, 0.6) is 0 Å². The first-order valence-electron chi connectivity index (χ1n) is 7.73. The van der Waals surface area contributed by atoms with Gasteiger partial charge in [0, 0.05) is 5.69 Å². The molecule has 0 spiro atoms. The van der Waals surface area contributed by atoms with Gasteiger partial charge in [0.2, 0.25) is 5.91 Å². The van der Waals surface area contributed by atoms with E-state index < -0.39 is 9.84 Å². The summed E-state index contributed by atoms with van der Waals surface area (Å²) in [5, 5.41) is 2.89. The summed E-state index contributed by atoms with van der Waals surface area (Å²) in [7, 11) is -3.21. The van der Waals surface area contributed by atoms with Crippen molar-refractivity contribution >= 4 is 21.4 Å².